The molecule has 4 nitrogen and oxygen atoms in total. The third-order valence-corrected chi connectivity index (χ3v) is 3.11. The number of carbonyl (C=O) groups excluding carboxylic acids is 1. The lowest BCUT2D eigenvalue weighted by molar-refractivity contribution is 0.0952. The van der Waals surface area contributed by atoms with E-state index in [-0.39, 0.29) is 5.91 Å². The van der Waals surface area contributed by atoms with Crippen LogP contribution in [-0.4, -0.2) is 22.6 Å². The van der Waals surface area contributed by atoms with Gasteiger partial charge in [0.25, 0.3) is 5.91 Å². The molecule has 0 bridgehead atoms. The Morgan fingerprint density at radius 2 is 2.19 bits per heavy atom. The Morgan fingerprint density at radius 1 is 1.44 bits per heavy atom. The summed E-state index contributed by atoms with van der Waals surface area (Å²) in [6, 6.07) is 0. The van der Waals surface area contributed by atoms with E-state index in [9.17, 15) is 4.79 Å². The summed E-state index contributed by atoms with van der Waals surface area (Å²) in [6.45, 7) is 5.08. The van der Waals surface area contributed by atoms with Crippen LogP contribution in [0.15, 0.2) is 0 Å². The fraction of sp³-hybridized carbons (Fsp3) is 0.700. The van der Waals surface area contributed by atoms with Gasteiger partial charge in [0.15, 0.2) is 0 Å². The van der Waals surface area contributed by atoms with Crippen LogP contribution in [0.25, 0.3) is 0 Å². The largest absolute Gasteiger partial charge is 0.350 e. The van der Waals surface area contributed by atoms with Crippen LogP contribution < -0.4 is 5.32 Å². The van der Waals surface area contributed by atoms with Crippen molar-refractivity contribution in [2.75, 3.05) is 6.54 Å². The van der Waals surface area contributed by atoms with E-state index in [1.165, 1.54) is 6.42 Å². The quantitative estimate of drug-likeness (QED) is 0.801. The predicted octanol–water partition coefficient (Wildman–Crippen LogP) is 2.75. The third-order valence-electron chi connectivity index (χ3n) is 2.09. The fourth-order valence-electron chi connectivity index (χ4n) is 1.25. The van der Waals surface area contributed by atoms with Gasteiger partial charge in [0.05, 0.1) is 0 Å². The lowest BCUT2D eigenvalue weighted by Gasteiger charge is -2.04. The number of aromatic nitrogens is 2. The summed E-state index contributed by atoms with van der Waals surface area (Å²) in [4.78, 5) is 11.5. The molecular formula is C10H16ClN3OS. The fourth-order valence-corrected chi connectivity index (χ4v) is 2.00. The zero-order valence-corrected chi connectivity index (χ0v) is 11.1. The molecule has 0 aromatic carbocycles. The maximum Gasteiger partial charge on any atom is 0.282 e. The van der Waals surface area contributed by atoms with Gasteiger partial charge in [0.1, 0.15) is 0 Å². The summed E-state index contributed by atoms with van der Waals surface area (Å²) >= 11 is 6.68. The van der Waals surface area contributed by atoms with Gasteiger partial charge in [-0.3, -0.25) is 4.79 Å². The van der Waals surface area contributed by atoms with Crippen LogP contribution in [-0.2, 0) is 0 Å². The van der Waals surface area contributed by atoms with E-state index in [1.807, 2.05) is 0 Å². The van der Waals surface area contributed by atoms with Crippen molar-refractivity contribution in [1.82, 2.24) is 15.5 Å². The van der Waals surface area contributed by atoms with E-state index in [0.29, 0.717) is 16.0 Å². The van der Waals surface area contributed by atoms with Crippen LogP contribution in [0.3, 0.4) is 0 Å². The number of nitrogens with zero attached hydrogens (tertiary/aromatic N) is 2. The Kier molecular flexibility index (Phi) is 5.69. The molecule has 1 rings (SSSR count). The summed E-state index contributed by atoms with van der Waals surface area (Å²) in [6.07, 6.45) is 3.33. The molecule has 0 radical (unpaired) electrons. The van der Waals surface area contributed by atoms with Crippen LogP contribution >= 0.6 is 22.9 Å². The Hall–Kier alpha value is -0.680. The maximum atomic E-state index is 11.5. The molecule has 0 saturated heterocycles. The SMILES string of the molecule is CC(C)CCCCNC(=O)c1nnc(Cl)s1. The van der Waals surface area contributed by atoms with Gasteiger partial charge in [0.2, 0.25) is 9.47 Å². The molecule has 1 aromatic heterocycles. The standard InChI is InChI=1S/C10H16ClN3OS/c1-7(2)5-3-4-6-12-8(15)9-13-14-10(11)16-9/h7H,3-6H2,1-2H3,(H,12,15). The van der Waals surface area contributed by atoms with Crippen LogP contribution in [0.4, 0.5) is 0 Å². The van der Waals surface area contributed by atoms with E-state index in [0.717, 1.165) is 30.1 Å². The smallest absolute Gasteiger partial charge is 0.282 e. The average molecular weight is 262 g/mol. The van der Waals surface area contributed by atoms with Crippen molar-refractivity contribution < 1.29 is 4.79 Å². The lowest BCUT2D eigenvalue weighted by Crippen LogP contribution is -2.24. The van der Waals surface area contributed by atoms with Crippen molar-refractivity contribution in [1.29, 1.82) is 0 Å². The number of hydrogen-bond acceptors (Lipinski definition) is 4. The highest BCUT2D eigenvalue weighted by Crippen LogP contribution is 2.14. The number of carbonyl (C=O) groups is 1. The van der Waals surface area contributed by atoms with Crippen LogP contribution in [0.1, 0.15) is 42.9 Å². The molecule has 1 heterocycles. The minimum Gasteiger partial charge on any atom is -0.350 e. The summed E-state index contributed by atoms with van der Waals surface area (Å²) in [5.74, 6) is 0.534. The van der Waals surface area contributed by atoms with E-state index in [2.05, 4.69) is 29.4 Å². The van der Waals surface area contributed by atoms with Gasteiger partial charge in [-0.1, -0.05) is 38.0 Å². The summed E-state index contributed by atoms with van der Waals surface area (Å²) in [5.41, 5.74) is 0. The van der Waals surface area contributed by atoms with Crippen molar-refractivity contribution >= 4 is 28.8 Å². The second-order valence-corrected chi connectivity index (χ2v) is 5.57. The number of nitrogens with one attached hydrogen (secondary N) is 1. The lowest BCUT2D eigenvalue weighted by atomic mass is 10.1. The first kappa shape index (κ1) is 13.4. The molecule has 0 aliphatic heterocycles. The van der Waals surface area contributed by atoms with Crippen LogP contribution in [0.2, 0.25) is 4.47 Å². The van der Waals surface area contributed by atoms with E-state index in [4.69, 9.17) is 11.6 Å². The Balaban J connectivity index is 2.16. The third kappa shape index (κ3) is 4.90. The summed E-state index contributed by atoms with van der Waals surface area (Å²) in [7, 11) is 0. The second-order valence-electron chi connectivity index (χ2n) is 4.01. The molecule has 1 amide bonds. The average Bonchev–Trinajstić information content (AvgIpc) is 2.63. The topological polar surface area (TPSA) is 54.9 Å². The Morgan fingerprint density at radius 3 is 2.75 bits per heavy atom. The molecule has 0 fully saturated rings. The Bertz CT molecular complexity index is 341. The Labute approximate surface area is 104 Å². The van der Waals surface area contributed by atoms with E-state index >= 15 is 0 Å². The molecule has 1 aromatic rings. The number of rotatable bonds is 6. The first-order valence-electron chi connectivity index (χ1n) is 5.37. The predicted molar refractivity (Wildman–Crippen MR) is 65.9 cm³/mol. The summed E-state index contributed by atoms with van der Waals surface area (Å²) < 4.78 is 0.296. The van der Waals surface area contributed by atoms with Gasteiger partial charge in [-0.15, -0.1) is 10.2 Å². The molecule has 0 saturated carbocycles. The van der Waals surface area contributed by atoms with Crippen LogP contribution in [0, 0.1) is 5.92 Å². The van der Waals surface area contributed by atoms with Gasteiger partial charge < -0.3 is 5.32 Å². The van der Waals surface area contributed by atoms with Crippen molar-refractivity contribution in [3.8, 4) is 0 Å². The van der Waals surface area contributed by atoms with Crippen molar-refractivity contribution in [2.24, 2.45) is 5.92 Å². The highest BCUT2D eigenvalue weighted by molar-refractivity contribution is 7.17. The molecule has 1 N–H and O–H groups in total. The van der Waals surface area contributed by atoms with E-state index < -0.39 is 0 Å². The second kappa shape index (κ2) is 6.81. The molecule has 6 heteroatoms. The van der Waals surface area contributed by atoms with E-state index in [1.54, 1.807) is 0 Å². The maximum absolute atomic E-state index is 11.5. The molecule has 0 spiro atoms. The first-order chi connectivity index (χ1) is 7.59. The van der Waals surface area contributed by atoms with Gasteiger partial charge in [-0.25, -0.2) is 0 Å². The van der Waals surface area contributed by atoms with Crippen molar-refractivity contribution in [3.05, 3.63) is 9.47 Å². The zero-order valence-electron chi connectivity index (χ0n) is 9.49. The first-order valence-corrected chi connectivity index (χ1v) is 6.56. The summed E-state index contributed by atoms with van der Waals surface area (Å²) in [5, 5.41) is 10.4. The van der Waals surface area contributed by atoms with Crippen LogP contribution in [0.5, 0.6) is 0 Å². The molecule has 0 aliphatic rings. The molecule has 0 unspecified atom stereocenters. The van der Waals surface area contributed by atoms with Crippen molar-refractivity contribution in [3.63, 3.8) is 0 Å². The number of amides is 1. The molecule has 90 valence electrons. The molecule has 0 aliphatic carbocycles. The normalized spacial score (nSPS) is 10.8. The highest BCUT2D eigenvalue weighted by Gasteiger charge is 2.10. The van der Waals surface area contributed by atoms with Gasteiger partial charge in [-0.05, 0) is 23.9 Å². The minimum atomic E-state index is -0.186. The van der Waals surface area contributed by atoms with Gasteiger partial charge >= 0.3 is 0 Å². The number of hydrogen-bond donors (Lipinski definition) is 1. The molecular weight excluding hydrogens is 246 g/mol. The number of halogens is 1. The molecule has 0 atom stereocenters. The van der Waals surface area contributed by atoms with Crippen molar-refractivity contribution in [2.45, 2.75) is 33.1 Å². The van der Waals surface area contributed by atoms with Gasteiger partial charge in [0, 0.05) is 6.54 Å². The monoisotopic (exact) mass is 261 g/mol. The zero-order chi connectivity index (χ0) is 12.0. The minimum absolute atomic E-state index is 0.186. The molecule has 16 heavy (non-hydrogen) atoms. The highest BCUT2D eigenvalue weighted by atomic mass is 35.5. The van der Waals surface area contributed by atoms with Gasteiger partial charge in [-0.2, -0.15) is 0 Å². The number of unbranched alkanes of at least 4 members (excludes halogenated alkanes) is 1.